The molecule has 3 N–H and O–H groups in total. The van der Waals surface area contributed by atoms with Crippen molar-refractivity contribution in [2.45, 2.75) is 113 Å². The summed E-state index contributed by atoms with van der Waals surface area (Å²) in [4.78, 5) is 61.0. The third-order valence-corrected chi connectivity index (χ3v) is 11.8. The Bertz CT molecular complexity index is 1880. The summed E-state index contributed by atoms with van der Waals surface area (Å²) >= 11 is 6.10. The van der Waals surface area contributed by atoms with Crippen LogP contribution >= 0.6 is 11.6 Å². The number of hydrogen-bond acceptors (Lipinski definition) is 10. The van der Waals surface area contributed by atoms with Crippen molar-refractivity contribution >= 4 is 56.3 Å². The van der Waals surface area contributed by atoms with E-state index in [1.54, 1.807) is 45.0 Å². The van der Waals surface area contributed by atoms with Crippen molar-refractivity contribution in [2.75, 3.05) is 13.7 Å². The number of rotatable bonds is 7. The zero-order valence-corrected chi connectivity index (χ0v) is 31.3. The van der Waals surface area contributed by atoms with Gasteiger partial charge in [-0.15, -0.1) is 0 Å². The second-order valence-corrected chi connectivity index (χ2v) is 17.3. The maximum Gasteiger partial charge on any atom is 0.408 e. The zero-order chi connectivity index (χ0) is 37.4. The predicted molar refractivity (Wildman–Crippen MR) is 192 cm³/mol. The molecule has 52 heavy (non-hydrogen) atoms. The quantitative estimate of drug-likeness (QED) is 0.274. The Morgan fingerprint density at radius 3 is 2.56 bits per heavy atom. The van der Waals surface area contributed by atoms with Crippen LogP contribution in [-0.2, 0) is 29.1 Å². The lowest BCUT2D eigenvalue weighted by Gasteiger charge is -2.30. The van der Waals surface area contributed by atoms with E-state index in [-0.39, 0.29) is 19.4 Å². The molecule has 2 aromatic rings. The Kier molecular flexibility index (Phi) is 10.7. The molecule has 3 fully saturated rings. The van der Waals surface area contributed by atoms with Crippen LogP contribution in [0.2, 0.25) is 5.15 Å². The maximum atomic E-state index is 14.4. The third-order valence-electron chi connectivity index (χ3n) is 9.78. The first-order valence-electron chi connectivity index (χ1n) is 17.7. The largest absolute Gasteiger partial charge is 0.492 e. The molecule has 0 spiro atoms. The van der Waals surface area contributed by atoms with Gasteiger partial charge in [0.05, 0.1) is 24.4 Å². The van der Waals surface area contributed by atoms with E-state index >= 15 is 0 Å². The standard InChI is InChI=1S/C36H46ClN5O9S/c1-35(2,3)51-34(46)39-26-11-9-7-5-6-8-10-21-19-36(21,33(45)41-52(47,48)23-12-13-23)40-31(43)27-18-22(20-42(27)32(26)44)50-28-16-15-25-24(30(28)49-4)14-17-29(37)38-25/h8,10,14-17,21-23,26-27H,5-7,9,11-13,18-20H2,1-4H3,(H,39,46)(H,40,43)(H,41,45)/b10-8-/t21-,22-,26+,27+,36-/m1/s1. The van der Waals surface area contributed by atoms with Gasteiger partial charge in [0, 0.05) is 17.7 Å². The van der Waals surface area contributed by atoms with Crippen LogP contribution in [0, 0.1) is 5.92 Å². The highest BCUT2D eigenvalue weighted by Crippen LogP contribution is 2.46. The Hall–Kier alpha value is -4.11. The van der Waals surface area contributed by atoms with Crippen LogP contribution in [0.5, 0.6) is 11.5 Å². The fraction of sp³-hybridized carbons (Fsp3) is 0.583. The third kappa shape index (κ3) is 8.41. The number of hydrogen-bond donors (Lipinski definition) is 3. The van der Waals surface area contributed by atoms with Gasteiger partial charge in [0.25, 0.3) is 5.91 Å². The molecule has 1 saturated heterocycles. The first-order valence-corrected chi connectivity index (χ1v) is 19.7. The SMILES string of the molecule is COc1c(O[C@@H]2C[C@H]3C(=O)N[C@]4(C(=O)NS(=O)(=O)C5CC5)C[C@H]4/C=C\CCCCC[C@H](NC(=O)OC(C)(C)C)C(=O)N3C2)ccc2nc(Cl)ccc12. The molecule has 2 aliphatic heterocycles. The number of fused-ring (bicyclic) bond motifs is 3. The molecule has 0 bridgehead atoms. The van der Waals surface area contributed by atoms with Gasteiger partial charge < -0.3 is 29.7 Å². The fourth-order valence-electron chi connectivity index (χ4n) is 6.91. The van der Waals surface area contributed by atoms with Crippen molar-refractivity contribution in [3.05, 3.63) is 41.6 Å². The van der Waals surface area contributed by atoms with Gasteiger partial charge in [-0.25, -0.2) is 18.2 Å². The lowest BCUT2D eigenvalue weighted by Crippen LogP contribution is -2.58. The van der Waals surface area contributed by atoms with Crippen LogP contribution < -0.4 is 24.8 Å². The number of nitrogens with zero attached hydrogens (tertiary/aromatic N) is 2. The molecule has 0 radical (unpaired) electrons. The molecule has 2 saturated carbocycles. The van der Waals surface area contributed by atoms with Crippen LogP contribution in [0.1, 0.15) is 78.6 Å². The zero-order valence-electron chi connectivity index (χ0n) is 29.8. The summed E-state index contributed by atoms with van der Waals surface area (Å²) in [7, 11) is -2.40. The summed E-state index contributed by atoms with van der Waals surface area (Å²) in [5.74, 6) is -1.61. The first kappa shape index (κ1) is 37.6. The minimum absolute atomic E-state index is 0.0257. The molecule has 14 nitrogen and oxygen atoms in total. The van der Waals surface area contributed by atoms with Gasteiger partial charge in [-0.1, -0.05) is 36.6 Å². The highest BCUT2D eigenvalue weighted by molar-refractivity contribution is 7.91. The van der Waals surface area contributed by atoms with Crippen LogP contribution in [0.25, 0.3) is 10.9 Å². The number of allylic oxidation sites excluding steroid dienone is 1. The smallest absolute Gasteiger partial charge is 0.408 e. The molecule has 3 heterocycles. The van der Waals surface area contributed by atoms with Crippen LogP contribution in [0.15, 0.2) is 36.4 Å². The molecule has 6 rings (SSSR count). The number of carbonyl (C=O) groups is 4. The number of ether oxygens (including phenoxy) is 3. The summed E-state index contributed by atoms with van der Waals surface area (Å²) in [6.45, 7) is 5.14. The number of carbonyl (C=O) groups excluding carboxylic acids is 4. The van der Waals surface area contributed by atoms with Crippen molar-refractivity contribution in [1.29, 1.82) is 0 Å². The topological polar surface area (TPSA) is 182 Å². The summed E-state index contributed by atoms with van der Waals surface area (Å²) < 4.78 is 45.4. The van der Waals surface area contributed by atoms with Gasteiger partial charge in [-0.3, -0.25) is 19.1 Å². The second kappa shape index (κ2) is 14.7. The van der Waals surface area contributed by atoms with Crippen molar-refractivity contribution < 1.29 is 41.8 Å². The van der Waals surface area contributed by atoms with E-state index in [0.717, 1.165) is 12.8 Å². The number of pyridine rings is 1. The van der Waals surface area contributed by atoms with Crippen molar-refractivity contribution in [3.63, 3.8) is 0 Å². The van der Waals surface area contributed by atoms with Crippen molar-refractivity contribution in [2.24, 2.45) is 5.92 Å². The summed E-state index contributed by atoms with van der Waals surface area (Å²) in [6.07, 6.45) is 6.66. The van der Waals surface area contributed by atoms with E-state index in [2.05, 4.69) is 20.3 Å². The van der Waals surface area contributed by atoms with Crippen molar-refractivity contribution in [3.8, 4) is 11.5 Å². The average Bonchev–Trinajstić information content (AvgIpc) is 3.99. The molecule has 282 valence electrons. The van der Waals surface area contributed by atoms with Gasteiger partial charge in [0.1, 0.15) is 34.5 Å². The minimum Gasteiger partial charge on any atom is -0.492 e. The Labute approximate surface area is 308 Å². The number of nitrogens with one attached hydrogen (secondary N) is 3. The number of sulfonamides is 1. The molecular formula is C36H46ClN5O9S. The number of halogens is 1. The molecule has 5 atom stereocenters. The Morgan fingerprint density at radius 1 is 1.08 bits per heavy atom. The summed E-state index contributed by atoms with van der Waals surface area (Å²) in [6, 6.07) is 4.66. The molecule has 16 heteroatoms. The molecule has 1 aromatic heterocycles. The van der Waals surface area contributed by atoms with Crippen molar-refractivity contribution in [1.82, 2.24) is 25.2 Å². The monoisotopic (exact) mass is 759 g/mol. The second-order valence-electron chi connectivity index (χ2n) is 15.0. The van der Waals surface area contributed by atoms with E-state index in [1.807, 2.05) is 12.2 Å². The van der Waals surface area contributed by atoms with Gasteiger partial charge in [0.2, 0.25) is 21.8 Å². The van der Waals surface area contributed by atoms with E-state index < -0.39 is 74.3 Å². The molecule has 2 aliphatic carbocycles. The van der Waals surface area contributed by atoms with Crippen LogP contribution in [0.4, 0.5) is 4.79 Å². The number of methoxy groups -OCH3 is 1. The molecular weight excluding hydrogens is 714 g/mol. The van der Waals surface area contributed by atoms with Gasteiger partial charge in [0.15, 0.2) is 11.5 Å². The average molecular weight is 760 g/mol. The van der Waals surface area contributed by atoms with Gasteiger partial charge in [-0.2, -0.15) is 0 Å². The minimum atomic E-state index is -3.89. The fourth-order valence-corrected chi connectivity index (χ4v) is 8.43. The van der Waals surface area contributed by atoms with E-state index in [0.29, 0.717) is 59.7 Å². The normalized spacial score (nSPS) is 27.6. The summed E-state index contributed by atoms with van der Waals surface area (Å²) in [5.41, 5.74) is -1.73. The number of aromatic nitrogens is 1. The first-order chi connectivity index (χ1) is 24.6. The summed E-state index contributed by atoms with van der Waals surface area (Å²) in [5, 5.41) is 5.92. The van der Waals surface area contributed by atoms with Gasteiger partial charge >= 0.3 is 6.09 Å². The predicted octanol–water partition coefficient (Wildman–Crippen LogP) is 4.14. The van der Waals surface area contributed by atoms with E-state index in [4.69, 9.17) is 25.8 Å². The number of alkyl carbamates (subject to hydrolysis) is 1. The van der Waals surface area contributed by atoms with Crippen LogP contribution in [-0.4, -0.2) is 90.3 Å². The Morgan fingerprint density at radius 2 is 1.85 bits per heavy atom. The van der Waals surface area contributed by atoms with E-state index in [9.17, 15) is 27.6 Å². The highest BCUT2D eigenvalue weighted by atomic mass is 35.5. The van der Waals surface area contributed by atoms with Crippen LogP contribution in [0.3, 0.4) is 0 Å². The molecule has 4 aliphatic rings. The van der Waals surface area contributed by atoms with E-state index in [1.165, 1.54) is 12.0 Å². The molecule has 4 amide bonds. The number of amides is 4. The highest BCUT2D eigenvalue weighted by Gasteiger charge is 2.62. The lowest BCUT2D eigenvalue weighted by atomic mass is 10.0. The Balaban J connectivity index is 1.31. The molecule has 1 aromatic carbocycles. The maximum absolute atomic E-state index is 14.4. The lowest BCUT2D eigenvalue weighted by molar-refractivity contribution is -0.141. The number of benzene rings is 1. The van der Waals surface area contributed by atoms with Gasteiger partial charge in [-0.05, 0) is 83.6 Å². The molecule has 0 unspecified atom stereocenters.